The normalized spacial score (nSPS) is 38.7. The van der Waals surface area contributed by atoms with Gasteiger partial charge in [-0.3, -0.25) is 0 Å². The molecule has 0 aromatic carbocycles. The van der Waals surface area contributed by atoms with Crippen molar-refractivity contribution >= 4 is 0 Å². The zero-order valence-corrected chi connectivity index (χ0v) is 7.72. The monoisotopic (exact) mass is 140 g/mol. The minimum absolute atomic E-state index is 0.923. The van der Waals surface area contributed by atoms with Crippen LogP contribution in [0.25, 0.3) is 0 Å². The molecule has 1 rings (SSSR count). The van der Waals surface area contributed by atoms with Crippen LogP contribution in [0.2, 0.25) is 0 Å². The highest BCUT2D eigenvalue weighted by Gasteiger charge is 2.46. The summed E-state index contributed by atoms with van der Waals surface area (Å²) in [6.07, 6.45) is 2.84. The van der Waals surface area contributed by atoms with Gasteiger partial charge in [-0.15, -0.1) is 0 Å². The summed E-state index contributed by atoms with van der Waals surface area (Å²) in [5.41, 5.74) is 0. The molecule has 60 valence electrons. The van der Waals surface area contributed by atoms with Crippen LogP contribution in [0.5, 0.6) is 0 Å². The second kappa shape index (κ2) is 2.94. The van der Waals surface area contributed by atoms with Crippen molar-refractivity contribution in [3.05, 3.63) is 0 Å². The van der Waals surface area contributed by atoms with Gasteiger partial charge in [0.1, 0.15) is 0 Å². The van der Waals surface area contributed by atoms with Gasteiger partial charge in [0.15, 0.2) is 0 Å². The van der Waals surface area contributed by atoms with Gasteiger partial charge < -0.3 is 0 Å². The Balaban J connectivity index is 2.27. The molecule has 0 heterocycles. The van der Waals surface area contributed by atoms with E-state index in [1.54, 1.807) is 0 Å². The Bertz CT molecular complexity index is 105. The Labute approximate surface area is 65.0 Å². The molecule has 0 aliphatic heterocycles. The van der Waals surface area contributed by atoms with Crippen molar-refractivity contribution in [2.45, 2.75) is 40.5 Å². The lowest BCUT2D eigenvalue weighted by atomic mass is 10.1. The van der Waals surface area contributed by atoms with Crippen LogP contribution in [0.1, 0.15) is 40.5 Å². The maximum Gasteiger partial charge on any atom is -0.0331 e. The number of hydrogen-bond donors (Lipinski definition) is 0. The van der Waals surface area contributed by atoms with Crippen LogP contribution in [0.4, 0.5) is 0 Å². The molecule has 0 aromatic rings. The average molecular weight is 140 g/mol. The van der Waals surface area contributed by atoms with Crippen LogP contribution in [-0.4, -0.2) is 0 Å². The Morgan fingerprint density at radius 1 is 1.30 bits per heavy atom. The fraction of sp³-hybridized carbons (Fsp3) is 1.00. The van der Waals surface area contributed by atoms with Crippen molar-refractivity contribution in [1.82, 2.24) is 0 Å². The van der Waals surface area contributed by atoms with Gasteiger partial charge in [-0.1, -0.05) is 40.5 Å². The van der Waals surface area contributed by atoms with E-state index in [2.05, 4.69) is 27.7 Å². The zero-order chi connectivity index (χ0) is 7.72. The van der Waals surface area contributed by atoms with Crippen molar-refractivity contribution in [1.29, 1.82) is 0 Å². The lowest BCUT2D eigenvalue weighted by Crippen LogP contribution is -1.92. The first-order chi connectivity index (χ1) is 4.68. The highest BCUT2D eigenvalue weighted by molar-refractivity contribution is 4.94. The number of rotatable bonds is 3. The van der Waals surface area contributed by atoms with Crippen LogP contribution in [-0.2, 0) is 0 Å². The average Bonchev–Trinajstić information content (AvgIpc) is 2.43. The molecule has 10 heavy (non-hydrogen) atoms. The van der Waals surface area contributed by atoms with E-state index in [0.29, 0.717) is 0 Å². The molecule has 3 atom stereocenters. The summed E-state index contributed by atoms with van der Waals surface area (Å²) in [5.74, 6) is 4.08. The summed E-state index contributed by atoms with van der Waals surface area (Å²) in [6, 6.07) is 0. The zero-order valence-electron chi connectivity index (χ0n) is 7.72. The lowest BCUT2D eigenvalue weighted by Gasteiger charge is -2.00. The highest BCUT2D eigenvalue weighted by atomic mass is 14.5. The summed E-state index contributed by atoms with van der Waals surface area (Å²) in [7, 11) is 0. The van der Waals surface area contributed by atoms with Crippen molar-refractivity contribution < 1.29 is 0 Å². The molecule has 0 N–H and O–H groups in total. The molecule has 0 bridgehead atoms. The predicted molar refractivity (Wildman–Crippen MR) is 45.9 cm³/mol. The van der Waals surface area contributed by atoms with Gasteiger partial charge in [-0.2, -0.15) is 0 Å². The molecule has 0 aromatic heterocycles. The molecular formula is C10H20. The molecular weight excluding hydrogens is 120 g/mol. The minimum Gasteiger partial charge on any atom is -0.0654 e. The van der Waals surface area contributed by atoms with E-state index in [0.717, 1.165) is 23.7 Å². The van der Waals surface area contributed by atoms with E-state index in [4.69, 9.17) is 0 Å². The molecule has 1 saturated carbocycles. The van der Waals surface area contributed by atoms with Crippen LogP contribution in [0, 0.1) is 23.7 Å². The maximum absolute atomic E-state index is 2.41. The first-order valence-corrected chi connectivity index (χ1v) is 4.68. The molecule has 0 saturated heterocycles. The van der Waals surface area contributed by atoms with E-state index >= 15 is 0 Å². The topological polar surface area (TPSA) is 0 Å². The van der Waals surface area contributed by atoms with Gasteiger partial charge in [0, 0.05) is 0 Å². The van der Waals surface area contributed by atoms with Crippen molar-refractivity contribution in [3.8, 4) is 0 Å². The Kier molecular flexibility index (Phi) is 2.38. The molecule has 1 aliphatic rings. The quantitative estimate of drug-likeness (QED) is 0.564. The van der Waals surface area contributed by atoms with Crippen LogP contribution >= 0.6 is 0 Å². The van der Waals surface area contributed by atoms with Gasteiger partial charge in [0.05, 0.1) is 0 Å². The van der Waals surface area contributed by atoms with Gasteiger partial charge >= 0.3 is 0 Å². The number of hydrogen-bond acceptors (Lipinski definition) is 0. The summed E-state index contributed by atoms with van der Waals surface area (Å²) in [4.78, 5) is 0. The van der Waals surface area contributed by atoms with Crippen molar-refractivity contribution in [3.63, 3.8) is 0 Å². The summed E-state index contributed by atoms with van der Waals surface area (Å²) in [6.45, 7) is 9.42. The smallest absolute Gasteiger partial charge is 0.0331 e. The molecule has 0 nitrogen and oxygen atoms in total. The van der Waals surface area contributed by atoms with E-state index in [1.807, 2.05) is 0 Å². The molecule has 3 unspecified atom stereocenters. The third-order valence-electron chi connectivity index (χ3n) is 3.03. The SMILES string of the molecule is CCCC1C(C)C1C(C)C. The van der Waals surface area contributed by atoms with Crippen molar-refractivity contribution in [2.75, 3.05) is 0 Å². The fourth-order valence-corrected chi connectivity index (χ4v) is 2.47. The summed E-state index contributed by atoms with van der Waals surface area (Å²) >= 11 is 0. The minimum atomic E-state index is 0.923. The summed E-state index contributed by atoms with van der Waals surface area (Å²) < 4.78 is 0. The Hall–Kier alpha value is 0. The van der Waals surface area contributed by atoms with Gasteiger partial charge in [0.25, 0.3) is 0 Å². The first kappa shape index (κ1) is 8.10. The van der Waals surface area contributed by atoms with Gasteiger partial charge in [-0.25, -0.2) is 0 Å². The standard InChI is InChI=1S/C10H20/c1-5-6-9-8(4)10(9)7(2)3/h7-10H,5-6H2,1-4H3. The van der Waals surface area contributed by atoms with E-state index in [9.17, 15) is 0 Å². The molecule has 0 amide bonds. The third kappa shape index (κ3) is 1.36. The van der Waals surface area contributed by atoms with Crippen LogP contribution in [0.3, 0.4) is 0 Å². The largest absolute Gasteiger partial charge is 0.0654 e. The highest BCUT2D eigenvalue weighted by Crippen LogP contribution is 2.52. The lowest BCUT2D eigenvalue weighted by molar-refractivity contribution is 0.495. The molecule has 0 radical (unpaired) electrons. The maximum atomic E-state index is 2.41. The second-order valence-corrected chi connectivity index (χ2v) is 4.13. The molecule has 0 heteroatoms. The molecule has 0 spiro atoms. The van der Waals surface area contributed by atoms with Gasteiger partial charge in [0.2, 0.25) is 0 Å². The predicted octanol–water partition coefficient (Wildman–Crippen LogP) is 3.32. The molecule has 1 fully saturated rings. The second-order valence-electron chi connectivity index (χ2n) is 4.13. The third-order valence-corrected chi connectivity index (χ3v) is 3.03. The molecule has 1 aliphatic carbocycles. The van der Waals surface area contributed by atoms with E-state index in [1.165, 1.54) is 12.8 Å². The Morgan fingerprint density at radius 3 is 2.20 bits per heavy atom. The summed E-state index contributed by atoms with van der Waals surface area (Å²) in [5, 5.41) is 0. The van der Waals surface area contributed by atoms with E-state index in [-0.39, 0.29) is 0 Å². The van der Waals surface area contributed by atoms with Gasteiger partial charge in [-0.05, 0) is 23.7 Å². The van der Waals surface area contributed by atoms with Crippen molar-refractivity contribution in [2.24, 2.45) is 23.7 Å². The first-order valence-electron chi connectivity index (χ1n) is 4.68. The van der Waals surface area contributed by atoms with Crippen LogP contribution < -0.4 is 0 Å². The Morgan fingerprint density at radius 2 is 1.90 bits per heavy atom. The van der Waals surface area contributed by atoms with E-state index < -0.39 is 0 Å². The van der Waals surface area contributed by atoms with Crippen LogP contribution in [0.15, 0.2) is 0 Å². The fourth-order valence-electron chi connectivity index (χ4n) is 2.47.